The minimum atomic E-state index is -3.39. The average molecular weight is 366 g/mol. The molecule has 1 aliphatic heterocycles. The van der Waals surface area contributed by atoms with E-state index in [-0.39, 0.29) is 16.3 Å². The number of benzene rings is 2. The maximum atomic E-state index is 14.1. The largest absolute Gasteiger partial charge is 0.300 e. The van der Waals surface area contributed by atoms with Crippen LogP contribution in [0.1, 0.15) is 10.4 Å². The number of anilines is 1. The topological polar surface area (TPSA) is 54.5 Å². The van der Waals surface area contributed by atoms with Crippen LogP contribution in [-0.4, -0.2) is 26.1 Å². The molecule has 1 heterocycles. The molecule has 1 amide bonds. The standard InChI is InChI=1S/C17H13ClFNO3S/c18-14-7-4-8-15(19)16(14)17(21)20(12-5-2-1-3-6-12)13-9-10-24(22,23)11-13/h1-10,13H,11H2. The van der Waals surface area contributed by atoms with Crippen LogP contribution in [0.4, 0.5) is 10.1 Å². The fourth-order valence-electron chi connectivity index (χ4n) is 2.59. The van der Waals surface area contributed by atoms with E-state index in [1.165, 1.54) is 23.1 Å². The van der Waals surface area contributed by atoms with E-state index in [0.717, 1.165) is 11.5 Å². The van der Waals surface area contributed by atoms with Gasteiger partial charge in [0.2, 0.25) is 0 Å². The monoisotopic (exact) mass is 365 g/mol. The number of sulfone groups is 1. The van der Waals surface area contributed by atoms with Crippen LogP contribution < -0.4 is 4.90 Å². The number of hydrogen-bond acceptors (Lipinski definition) is 3. The van der Waals surface area contributed by atoms with Gasteiger partial charge in [-0.2, -0.15) is 0 Å². The third kappa shape index (κ3) is 3.20. The van der Waals surface area contributed by atoms with Crippen molar-refractivity contribution in [2.45, 2.75) is 6.04 Å². The van der Waals surface area contributed by atoms with E-state index >= 15 is 0 Å². The second-order valence-corrected chi connectivity index (χ2v) is 7.67. The summed E-state index contributed by atoms with van der Waals surface area (Å²) in [6.45, 7) is 0. The Hall–Kier alpha value is -2.18. The van der Waals surface area contributed by atoms with Crippen molar-refractivity contribution < 1.29 is 17.6 Å². The molecule has 0 radical (unpaired) electrons. The molecular weight excluding hydrogens is 353 g/mol. The SMILES string of the molecule is O=C(c1c(F)cccc1Cl)N(c1ccccc1)C1C=CS(=O)(=O)C1. The summed E-state index contributed by atoms with van der Waals surface area (Å²) >= 11 is 5.99. The molecule has 7 heteroatoms. The molecule has 1 atom stereocenters. The molecule has 0 bridgehead atoms. The lowest BCUT2D eigenvalue weighted by atomic mass is 10.1. The van der Waals surface area contributed by atoms with Gasteiger partial charge in [-0.05, 0) is 30.3 Å². The summed E-state index contributed by atoms with van der Waals surface area (Å²) in [5.41, 5.74) is 0.189. The highest BCUT2D eigenvalue weighted by Crippen LogP contribution is 2.28. The van der Waals surface area contributed by atoms with Gasteiger partial charge in [0.1, 0.15) is 5.82 Å². The van der Waals surface area contributed by atoms with Crippen LogP contribution in [0.5, 0.6) is 0 Å². The van der Waals surface area contributed by atoms with Crippen molar-refractivity contribution in [1.29, 1.82) is 0 Å². The second kappa shape index (κ2) is 6.37. The van der Waals surface area contributed by atoms with E-state index in [4.69, 9.17) is 11.6 Å². The Morgan fingerprint density at radius 3 is 2.42 bits per heavy atom. The molecule has 1 unspecified atom stereocenters. The molecule has 0 spiro atoms. The smallest absolute Gasteiger partial charge is 0.263 e. The lowest BCUT2D eigenvalue weighted by Crippen LogP contribution is -2.41. The Balaban J connectivity index is 2.09. The van der Waals surface area contributed by atoms with Gasteiger partial charge < -0.3 is 4.90 Å². The first kappa shape index (κ1) is 16.7. The molecule has 0 saturated heterocycles. The summed E-state index contributed by atoms with van der Waals surface area (Å²) in [5, 5.41) is 1.05. The summed E-state index contributed by atoms with van der Waals surface area (Å²) in [4.78, 5) is 14.2. The first-order valence-electron chi connectivity index (χ1n) is 7.12. The quantitative estimate of drug-likeness (QED) is 0.837. The van der Waals surface area contributed by atoms with Gasteiger partial charge in [-0.15, -0.1) is 0 Å². The number of para-hydroxylation sites is 1. The number of carbonyl (C=O) groups is 1. The molecular formula is C17H13ClFNO3S. The van der Waals surface area contributed by atoms with Crippen molar-refractivity contribution in [2.75, 3.05) is 10.7 Å². The summed E-state index contributed by atoms with van der Waals surface area (Å²) < 4.78 is 37.6. The van der Waals surface area contributed by atoms with Gasteiger partial charge in [0.15, 0.2) is 9.84 Å². The van der Waals surface area contributed by atoms with E-state index in [1.54, 1.807) is 30.3 Å². The highest BCUT2D eigenvalue weighted by atomic mass is 35.5. The molecule has 4 nitrogen and oxygen atoms in total. The molecule has 24 heavy (non-hydrogen) atoms. The number of halogens is 2. The summed E-state index contributed by atoms with van der Waals surface area (Å²) in [6.07, 6.45) is 1.43. The van der Waals surface area contributed by atoms with Crippen LogP contribution >= 0.6 is 11.6 Å². The molecule has 0 aliphatic carbocycles. The third-order valence-electron chi connectivity index (χ3n) is 3.67. The zero-order valence-corrected chi connectivity index (χ0v) is 14.0. The molecule has 1 aliphatic rings. The van der Waals surface area contributed by atoms with Crippen LogP contribution in [0.2, 0.25) is 5.02 Å². The number of carbonyl (C=O) groups excluding carboxylic acids is 1. The highest BCUT2D eigenvalue weighted by molar-refractivity contribution is 7.94. The average Bonchev–Trinajstić information content (AvgIpc) is 2.88. The first-order valence-corrected chi connectivity index (χ1v) is 9.22. The summed E-state index contributed by atoms with van der Waals surface area (Å²) in [6, 6.07) is 11.8. The Morgan fingerprint density at radius 2 is 1.83 bits per heavy atom. The van der Waals surface area contributed by atoms with Gasteiger partial charge in [0, 0.05) is 11.1 Å². The van der Waals surface area contributed by atoms with Crippen molar-refractivity contribution in [2.24, 2.45) is 0 Å². The predicted octanol–water partition coefficient (Wildman–Crippen LogP) is 3.44. The van der Waals surface area contributed by atoms with E-state index in [0.29, 0.717) is 5.69 Å². The molecule has 0 fully saturated rings. The van der Waals surface area contributed by atoms with Gasteiger partial charge in [0.05, 0.1) is 22.4 Å². The highest BCUT2D eigenvalue weighted by Gasteiger charge is 2.33. The van der Waals surface area contributed by atoms with Gasteiger partial charge in [-0.3, -0.25) is 4.79 Å². The van der Waals surface area contributed by atoms with Crippen LogP contribution in [-0.2, 0) is 9.84 Å². The number of rotatable bonds is 3. The van der Waals surface area contributed by atoms with E-state index in [9.17, 15) is 17.6 Å². The van der Waals surface area contributed by atoms with E-state index in [1.807, 2.05) is 0 Å². The van der Waals surface area contributed by atoms with Crippen molar-refractivity contribution >= 4 is 33.0 Å². The lowest BCUT2D eigenvalue weighted by molar-refractivity contribution is 0.0979. The first-order chi connectivity index (χ1) is 11.4. The maximum absolute atomic E-state index is 14.1. The molecule has 3 rings (SSSR count). The Bertz CT molecular complexity index is 892. The molecule has 0 saturated carbocycles. The van der Waals surface area contributed by atoms with Gasteiger partial charge >= 0.3 is 0 Å². The van der Waals surface area contributed by atoms with Crippen LogP contribution in [0.25, 0.3) is 0 Å². The van der Waals surface area contributed by atoms with Crippen LogP contribution in [0, 0.1) is 5.82 Å². The maximum Gasteiger partial charge on any atom is 0.263 e. The molecule has 2 aromatic carbocycles. The molecule has 0 N–H and O–H groups in total. The Morgan fingerprint density at radius 1 is 1.12 bits per heavy atom. The zero-order valence-electron chi connectivity index (χ0n) is 12.4. The van der Waals surface area contributed by atoms with Gasteiger partial charge in [0.25, 0.3) is 5.91 Å². The van der Waals surface area contributed by atoms with Crippen molar-refractivity contribution in [3.8, 4) is 0 Å². The minimum absolute atomic E-state index is 0.0224. The van der Waals surface area contributed by atoms with Gasteiger partial charge in [-0.25, -0.2) is 12.8 Å². The van der Waals surface area contributed by atoms with E-state index < -0.39 is 27.6 Å². The number of nitrogens with zero attached hydrogens (tertiary/aromatic N) is 1. The van der Waals surface area contributed by atoms with Crippen LogP contribution in [0.15, 0.2) is 60.0 Å². The number of hydrogen-bond donors (Lipinski definition) is 0. The van der Waals surface area contributed by atoms with Crippen molar-refractivity contribution in [3.05, 3.63) is 76.4 Å². The molecule has 124 valence electrons. The van der Waals surface area contributed by atoms with Crippen molar-refractivity contribution in [1.82, 2.24) is 0 Å². The zero-order chi connectivity index (χ0) is 17.3. The lowest BCUT2D eigenvalue weighted by Gasteiger charge is -2.28. The normalized spacial score (nSPS) is 18.5. The second-order valence-electron chi connectivity index (χ2n) is 5.33. The Labute approximate surface area is 144 Å². The van der Waals surface area contributed by atoms with Crippen molar-refractivity contribution in [3.63, 3.8) is 0 Å². The fraction of sp³-hybridized carbons (Fsp3) is 0.118. The fourth-order valence-corrected chi connectivity index (χ4v) is 4.10. The molecule has 0 aromatic heterocycles. The predicted molar refractivity (Wildman–Crippen MR) is 91.4 cm³/mol. The minimum Gasteiger partial charge on any atom is -0.300 e. The van der Waals surface area contributed by atoms with E-state index in [2.05, 4.69) is 0 Å². The summed E-state index contributed by atoms with van der Waals surface area (Å²) in [7, 11) is -3.39. The summed E-state index contributed by atoms with van der Waals surface area (Å²) in [5.74, 6) is -1.69. The third-order valence-corrected chi connectivity index (χ3v) is 5.37. The van der Waals surface area contributed by atoms with Crippen LogP contribution in [0.3, 0.4) is 0 Å². The Kier molecular flexibility index (Phi) is 4.43. The van der Waals surface area contributed by atoms with Gasteiger partial charge in [-0.1, -0.05) is 35.9 Å². The molecule has 2 aromatic rings. The number of amides is 1.